The minimum absolute atomic E-state index is 0.0288. The molecule has 0 N–H and O–H groups in total. The first-order chi connectivity index (χ1) is 6.24. The van der Waals surface area contributed by atoms with Crippen LogP contribution in [0, 0.1) is 0 Å². The first kappa shape index (κ1) is 8.74. The van der Waals surface area contributed by atoms with Gasteiger partial charge >= 0.3 is 0 Å². The van der Waals surface area contributed by atoms with E-state index in [1.54, 1.807) is 0 Å². The predicted octanol–water partition coefficient (Wildman–Crippen LogP) is 1.28. The molecule has 0 aliphatic carbocycles. The highest BCUT2D eigenvalue weighted by Crippen LogP contribution is 2.37. The molecule has 1 atom stereocenters. The van der Waals surface area contributed by atoms with Crippen LogP contribution in [0.3, 0.4) is 0 Å². The van der Waals surface area contributed by atoms with Gasteiger partial charge in [0.05, 0.1) is 5.41 Å². The maximum absolute atomic E-state index is 10.3. The number of rotatable bonds is 2. The topological polar surface area (TPSA) is 56.0 Å². The van der Waals surface area contributed by atoms with Gasteiger partial charge in [0.1, 0.15) is 0 Å². The van der Waals surface area contributed by atoms with Crippen molar-refractivity contribution in [2.75, 3.05) is 11.5 Å². The number of thioether (sulfide) groups is 1. The molecule has 70 valence electrons. The second kappa shape index (κ2) is 3.14. The molecule has 0 amide bonds. The number of hydrogen-bond acceptors (Lipinski definition) is 5. The fourth-order valence-corrected chi connectivity index (χ4v) is 2.82. The Balaban J connectivity index is 2.28. The van der Waals surface area contributed by atoms with Gasteiger partial charge < -0.3 is 4.42 Å². The summed E-state index contributed by atoms with van der Waals surface area (Å²) in [6, 6.07) is 0. The normalized spacial score (nSPS) is 27.8. The number of aldehydes is 1. The van der Waals surface area contributed by atoms with Crippen LogP contribution in [0.2, 0.25) is 0 Å². The molecule has 1 aromatic rings. The van der Waals surface area contributed by atoms with E-state index in [0.717, 1.165) is 17.9 Å². The maximum Gasteiger partial charge on any atom is 0.280 e. The van der Waals surface area contributed by atoms with Crippen molar-refractivity contribution in [2.24, 2.45) is 0 Å². The Kier molecular flexibility index (Phi) is 2.11. The first-order valence-electron chi connectivity index (χ1n) is 4.11. The fraction of sp³-hybridized carbons (Fsp3) is 0.625. The average Bonchev–Trinajstić information content (AvgIpc) is 2.72. The van der Waals surface area contributed by atoms with E-state index >= 15 is 0 Å². The van der Waals surface area contributed by atoms with Crippen molar-refractivity contribution in [1.29, 1.82) is 0 Å². The summed E-state index contributed by atoms with van der Waals surface area (Å²) < 4.78 is 5.22. The molecule has 5 heteroatoms. The second-order valence-corrected chi connectivity index (χ2v) is 4.53. The molecule has 0 spiro atoms. The lowest BCUT2D eigenvalue weighted by atomic mass is 9.90. The molecule has 13 heavy (non-hydrogen) atoms. The first-order valence-corrected chi connectivity index (χ1v) is 5.27. The summed E-state index contributed by atoms with van der Waals surface area (Å²) in [6.45, 7) is 2.09. The number of carbonyl (C=O) groups is 1. The Labute approximate surface area is 80.1 Å². The Hall–Kier alpha value is -0.840. The third-order valence-electron chi connectivity index (χ3n) is 2.28. The third-order valence-corrected chi connectivity index (χ3v) is 3.61. The predicted molar refractivity (Wildman–Crippen MR) is 49.0 cm³/mol. The van der Waals surface area contributed by atoms with Crippen LogP contribution in [0.15, 0.2) is 4.42 Å². The van der Waals surface area contributed by atoms with Gasteiger partial charge in [-0.05, 0) is 19.1 Å². The average molecular weight is 198 g/mol. The van der Waals surface area contributed by atoms with E-state index in [1.165, 1.54) is 0 Å². The van der Waals surface area contributed by atoms with Crippen molar-refractivity contribution in [3.05, 3.63) is 11.8 Å². The number of carbonyl (C=O) groups excluding carboxylic acids is 1. The lowest BCUT2D eigenvalue weighted by Gasteiger charge is -2.16. The van der Waals surface area contributed by atoms with Crippen molar-refractivity contribution in [1.82, 2.24) is 10.2 Å². The second-order valence-electron chi connectivity index (χ2n) is 3.43. The molecule has 2 rings (SSSR count). The molecule has 1 fully saturated rings. The van der Waals surface area contributed by atoms with Crippen LogP contribution >= 0.6 is 11.8 Å². The van der Waals surface area contributed by atoms with E-state index < -0.39 is 0 Å². The minimum Gasteiger partial charge on any atom is -0.418 e. The van der Waals surface area contributed by atoms with Crippen LogP contribution in [-0.2, 0) is 5.41 Å². The van der Waals surface area contributed by atoms with Crippen molar-refractivity contribution in [3.8, 4) is 0 Å². The van der Waals surface area contributed by atoms with Gasteiger partial charge in [0, 0.05) is 5.75 Å². The van der Waals surface area contributed by atoms with Crippen LogP contribution in [0.25, 0.3) is 0 Å². The van der Waals surface area contributed by atoms with Crippen molar-refractivity contribution >= 4 is 18.0 Å². The van der Waals surface area contributed by atoms with E-state index in [-0.39, 0.29) is 11.3 Å². The summed E-state index contributed by atoms with van der Waals surface area (Å²) in [7, 11) is 0. The van der Waals surface area contributed by atoms with E-state index in [1.807, 2.05) is 11.8 Å². The van der Waals surface area contributed by atoms with E-state index in [0.29, 0.717) is 12.2 Å². The SMILES string of the molecule is CC1(c2nnc(C=O)o2)CCSC1. The minimum atomic E-state index is -0.0288. The molecule has 1 unspecified atom stereocenters. The van der Waals surface area contributed by atoms with Gasteiger partial charge in [0.15, 0.2) is 0 Å². The zero-order valence-electron chi connectivity index (χ0n) is 7.32. The zero-order chi connectivity index (χ0) is 9.31. The molecular weight excluding hydrogens is 188 g/mol. The highest BCUT2D eigenvalue weighted by atomic mass is 32.2. The summed E-state index contributed by atoms with van der Waals surface area (Å²) >= 11 is 1.88. The largest absolute Gasteiger partial charge is 0.418 e. The Bertz CT molecular complexity index is 318. The molecule has 4 nitrogen and oxygen atoms in total. The van der Waals surface area contributed by atoms with Crippen LogP contribution in [0.4, 0.5) is 0 Å². The zero-order valence-corrected chi connectivity index (χ0v) is 8.13. The van der Waals surface area contributed by atoms with Gasteiger partial charge in [0.2, 0.25) is 12.2 Å². The molecule has 0 saturated carbocycles. The molecule has 0 aromatic carbocycles. The van der Waals surface area contributed by atoms with Gasteiger partial charge in [-0.15, -0.1) is 10.2 Å². The molecule has 1 saturated heterocycles. The highest BCUT2D eigenvalue weighted by molar-refractivity contribution is 7.99. The molecular formula is C8H10N2O2S. The fourth-order valence-electron chi connectivity index (χ4n) is 1.36. The molecule has 0 bridgehead atoms. The summed E-state index contributed by atoms with van der Waals surface area (Å²) in [4.78, 5) is 10.3. The maximum atomic E-state index is 10.3. The third kappa shape index (κ3) is 1.48. The summed E-state index contributed by atoms with van der Waals surface area (Å²) in [5, 5.41) is 7.51. The van der Waals surface area contributed by atoms with E-state index in [9.17, 15) is 4.79 Å². The number of aromatic nitrogens is 2. The summed E-state index contributed by atoms with van der Waals surface area (Å²) in [6.07, 6.45) is 1.63. The van der Waals surface area contributed by atoms with Gasteiger partial charge in [-0.2, -0.15) is 11.8 Å². The lowest BCUT2D eigenvalue weighted by molar-refractivity contribution is 0.109. The van der Waals surface area contributed by atoms with Gasteiger partial charge in [0.25, 0.3) is 5.89 Å². The number of hydrogen-bond donors (Lipinski definition) is 0. The van der Waals surface area contributed by atoms with Crippen LogP contribution in [0.5, 0.6) is 0 Å². The van der Waals surface area contributed by atoms with Crippen LogP contribution in [0.1, 0.15) is 29.9 Å². The van der Waals surface area contributed by atoms with Crippen molar-refractivity contribution < 1.29 is 9.21 Å². The molecule has 1 aromatic heterocycles. The summed E-state index contributed by atoms with van der Waals surface area (Å²) in [5.74, 6) is 2.79. The van der Waals surface area contributed by atoms with Gasteiger partial charge in [-0.3, -0.25) is 4.79 Å². The lowest BCUT2D eigenvalue weighted by Crippen LogP contribution is -2.21. The molecule has 1 aliphatic heterocycles. The van der Waals surface area contributed by atoms with Crippen LogP contribution < -0.4 is 0 Å². The Morgan fingerprint density at radius 2 is 2.46 bits per heavy atom. The van der Waals surface area contributed by atoms with Gasteiger partial charge in [-0.1, -0.05) is 0 Å². The summed E-state index contributed by atoms with van der Waals surface area (Å²) in [5.41, 5.74) is -0.0288. The monoisotopic (exact) mass is 198 g/mol. The van der Waals surface area contributed by atoms with Crippen LogP contribution in [-0.4, -0.2) is 28.0 Å². The Morgan fingerprint density at radius 3 is 3.00 bits per heavy atom. The molecule has 0 radical (unpaired) electrons. The molecule has 1 aliphatic rings. The van der Waals surface area contributed by atoms with Crippen molar-refractivity contribution in [2.45, 2.75) is 18.8 Å². The quantitative estimate of drug-likeness (QED) is 0.670. The Morgan fingerprint density at radius 1 is 1.62 bits per heavy atom. The smallest absolute Gasteiger partial charge is 0.280 e. The van der Waals surface area contributed by atoms with Crippen molar-refractivity contribution in [3.63, 3.8) is 0 Å². The van der Waals surface area contributed by atoms with Gasteiger partial charge in [-0.25, -0.2) is 0 Å². The van der Waals surface area contributed by atoms with E-state index in [2.05, 4.69) is 17.1 Å². The highest BCUT2D eigenvalue weighted by Gasteiger charge is 2.36. The molecule has 2 heterocycles. The number of nitrogens with zero attached hydrogens (tertiary/aromatic N) is 2. The standard InChI is InChI=1S/C8H10N2O2S/c1-8(2-3-13-5-8)7-10-9-6(4-11)12-7/h4H,2-3,5H2,1H3. The van der Waals surface area contributed by atoms with E-state index in [4.69, 9.17) is 4.42 Å².